The minimum atomic E-state index is 0.521. The van der Waals surface area contributed by atoms with E-state index < -0.39 is 0 Å². The lowest BCUT2D eigenvalue weighted by atomic mass is 10.2. The van der Waals surface area contributed by atoms with E-state index in [1.54, 1.807) is 0 Å². The molecule has 0 unspecified atom stereocenters. The Kier molecular flexibility index (Phi) is 3.44. The van der Waals surface area contributed by atoms with Gasteiger partial charge in [0.15, 0.2) is 5.82 Å². The van der Waals surface area contributed by atoms with Crippen LogP contribution in [0.25, 0.3) is 11.0 Å². The summed E-state index contributed by atoms with van der Waals surface area (Å²) in [5.41, 5.74) is 3.23. The number of rotatable bonds is 4. The molecule has 0 aliphatic heterocycles. The molecule has 3 rings (SSSR count). The van der Waals surface area contributed by atoms with Gasteiger partial charge in [0.05, 0.1) is 11.0 Å². The molecule has 0 N–H and O–H groups in total. The molecular weight excluding hydrogens is 276 g/mol. The first-order valence-corrected chi connectivity index (χ1v) is 7.02. The number of fused-ring (bicyclic) bond motifs is 1. The van der Waals surface area contributed by atoms with Crippen molar-refractivity contribution >= 4 is 22.6 Å². The zero-order valence-electron chi connectivity index (χ0n) is 11.4. The predicted octanol–water partition coefficient (Wildman–Crippen LogP) is 2.87. The van der Waals surface area contributed by atoms with Gasteiger partial charge in [0.25, 0.3) is 0 Å². The Hall–Kier alpha value is -1.88. The van der Waals surface area contributed by atoms with E-state index in [2.05, 4.69) is 38.7 Å². The van der Waals surface area contributed by atoms with Gasteiger partial charge in [0.2, 0.25) is 5.89 Å². The normalized spacial score (nSPS) is 11.3. The van der Waals surface area contributed by atoms with Crippen LogP contribution < -0.4 is 0 Å². The fraction of sp³-hybridized carbons (Fsp3) is 0.357. The molecule has 0 amide bonds. The number of benzene rings is 1. The zero-order chi connectivity index (χ0) is 14.1. The first kappa shape index (κ1) is 13.1. The van der Waals surface area contributed by atoms with Crippen LogP contribution in [-0.2, 0) is 13.0 Å². The lowest BCUT2D eigenvalue weighted by Gasteiger charge is -2.05. The highest BCUT2D eigenvalue weighted by molar-refractivity contribution is 6.17. The summed E-state index contributed by atoms with van der Waals surface area (Å²) in [5, 5.41) is 3.82. The molecule has 5 nitrogen and oxygen atoms in total. The molecule has 0 atom stereocenters. The van der Waals surface area contributed by atoms with E-state index in [0.29, 0.717) is 30.6 Å². The van der Waals surface area contributed by atoms with Crippen molar-refractivity contribution < 1.29 is 4.52 Å². The van der Waals surface area contributed by atoms with Gasteiger partial charge in [-0.15, -0.1) is 11.6 Å². The summed E-state index contributed by atoms with van der Waals surface area (Å²) < 4.78 is 7.30. The van der Waals surface area contributed by atoms with Crippen LogP contribution in [0.5, 0.6) is 0 Å². The monoisotopic (exact) mass is 290 g/mol. The molecule has 1 aromatic carbocycles. The molecule has 0 saturated carbocycles. The molecule has 3 aromatic rings. The van der Waals surface area contributed by atoms with E-state index >= 15 is 0 Å². The van der Waals surface area contributed by atoms with Gasteiger partial charge in [-0.25, -0.2) is 4.98 Å². The van der Waals surface area contributed by atoms with Gasteiger partial charge >= 0.3 is 0 Å². The summed E-state index contributed by atoms with van der Waals surface area (Å²) >= 11 is 5.87. The van der Waals surface area contributed by atoms with Crippen molar-refractivity contribution in [3.05, 3.63) is 41.3 Å². The van der Waals surface area contributed by atoms with Gasteiger partial charge < -0.3 is 9.09 Å². The quantitative estimate of drug-likeness (QED) is 0.693. The first-order chi connectivity index (χ1) is 9.67. The van der Waals surface area contributed by atoms with Gasteiger partial charge in [-0.05, 0) is 31.5 Å². The summed E-state index contributed by atoms with van der Waals surface area (Å²) in [4.78, 5) is 8.89. The molecule has 0 aliphatic rings. The Balaban J connectivity index is 2.09. The topological polar surface area (TPSA) is 56.7 Å². The molecule has 2 heterocycles. The van der Waals surface area contributed by atoms with Crippen LogP contribution in [0.2, 0.25) is 0 Å². The molecule has 0 fully saturated rings. The van der Waals surface area contributed by atoms with Crippen LogP contribution in [-0.4, -0.2) is 25.6 Å². The van der Waals surface area contributed by atoms with Crippen molar-refractivity contribution in [2.75, 3.05) is 5.88 Å². The fourth-order valence-corrected chi connectivity index (χ4v) is 2.44. The Morgan fingerprint density at radius 2 is 2.10 bits per heavy atom. The van der Waals surface area contributed by atoms with E-state index in [1.807, 2.05) is 13.0 Å². The second kappa shape index (κ2) is 5.25. The van der Waals surface area contributed by atoms with Crippen molar-refractivity contribution in [2.24, 2.45) is 0 Å². The number of imidazole rings is 1. The van der Waals surface area contributed by atoms with Crippen molar-refractivity contribution in [2.45, 2.75) is 26.8 Å². The maximum atomic E-state index is 5.87. The lowest BCUT2D eigenvalue weighted by Crippen LogP contribution is -2.06. The van der Waals surface area contributed by atoms with Crippen LogP contribution >= 0.6 is 11.6 Å². The van der Waals surface area contributed by atoms with E-state index in [4.69, 9.17) is 16.1 Å². The van der Waals surface area contributed by atoms with Crippen molar-refractivity contribution in [1.29, 1.82) is 0 Å². The maximum absolute atomic E-state index is 5.87. The lowest BCUT2D eigenvalue weighted by molar-refractivity contribution is 0.367. The third-order valence-electron chi connectivity index (χ3n) is 3.16. The summed E-state index contributed by atoms with van der Waals surface area (Å²) in [5.74, 6) is 2.70. The van der Waals surface area contributed by atoms with Crippen LogP contribution in [0.15, 0.2) is 22.7 Å². The van der Waals surface area contributed by atoms with E-state index in [9.17, 15) is 0 Å². The molecule has 6 heteroatoms. The maximum Gasteiger partial charge on any atom is 0.246 e. The van der Waals surface area contributed by atoms with Crippen molar-refractivity contribution in [3.8, 4) is 0 Å². The molecule has 20 heavy (non-hydrogen) atoms. The minimum Gasteiger partial charge on any atom is -0.337 e. The fourth-order valence-electron chi connectivity index (χ4n) is 2.27. The molecule has 2 aromatic heterocycles. The van der Waals surface area contributed by atoms with Gasteiger partial charge in [-0.1, -0.05) is 11.2 Å². The molecule has 104 valence electrons. The smallest absolute Gasteiger partial charge is 0.246 e. The largest absolute Gasteiger partial charge is 0.337 e. The van der Waals surface area contributed by atoms with Crippen LogP contribution in [0, 0.1) is 13.8 Å². The SMILES string of the molecule is Cc1ccc2nc(CCCl)n(Cc3nc(C)no3)c2c1. The third-order valence-corrected chi connectivity index (χ3v) is 3.35. The summed E-state index contributed by atoms with van der Waals surface area (Å²) in [7, 11) is 0. The van der Waals surface area contributed by atoms with Gasteiger partial charge in [-0.3, -0.25) is 0 Å². The predicted molar refractivity (Wildman–Crippen MR) is 77.0 cm³/mol. The number of hydrogen-bond donors (Lipinski definition) is 0. The molecular formula is C14H15ClN4O. The zero-order valence-corrected chi connectivity index (χ0v) is 12.2. The Morgan fingerprint density at radius 3 is 2.80 bits per heavy atom. The second-order valence-corrected chi connectivity index (χ2v) is 5.16. The average Bonchev–Trinajstić information content (AvgIpc) is 2.96. The minimum absolute atomic E-state index is 0.521. The highest BCUT2D eigenvalue weighted by atomic mass is 35.5. The van der Waals surface area contributed by atoms with Crippen molar-refractivity contribution in [1.82, 2.24) is 19.7 Å². The summed E-state index contributed by atoms with van der Waals surface area (Å²) in [6, 6.07) is 6.20. The van der Waals surface area contributed by atoms with Crippen molar-refractivity contribution in [3.63, 3.8) is 0 Å². The average molecular weight is 291 g/mol. The Morgan fingerprint density at radius 1 is 1.25 bits per heavy atom. The van der Waals surface area contributed by atoms with Gasteiger partial charge in [0.1, 0.15) is 12.4 Å². The van der Waals surface area contributed by atoms with Crippen LogP contribution in [0.4, 0.5) is 0 Å². The Labute approximate surface area is 121 Å². The molecule has 0 aliphatic carbocycles. The summed E-state index contributed by atoms with van der Waals surface area (Å²) in [6.07, 6.45) is 0.711. The number of hydrogen-bond acceptors (Lipinski definition) is 4. The van der Waals surface area contributed by atoms with Gasteiger partial charge in [0, 0.05) is 12.3 Å². The first-order valence-electron chi connectivity index (χ1n) is 6.48. The third kappa shape index (κ3) is 2.41. The highest BCUT2D eigenvalue weighted by Crippen LogP contribution is 2.20. The number of halogens is 1. The van der Waals surface area contributed by atoms with Crippen LogP contribution in [0.3, 0.4) is 0 Å². The molecule has 0 spiro atoms. The molecule has 0 bridgehead atoms. The highest BCUT2D eigenvalue weighted by Gasteiger charge is 2.13. The number of nitrogens with zero attached hydrogens (tertiary/aromatic N) is 4. The van der Waals surface area contributed by atoms with E-state index in [1.165, 1.54) is 5.56 Å². The standard InChI is InChI=1S/C14H15ClN4O/c1-9-3-4-11-12(7-9)19(13(17-11)5-6-15)8-14-16-10(2)18-20-14/h3-4,7H,5-6,8H2,1-2H3. The van der Waals surface area contributed by atoms with E-state index in [-0.39, 0.29) is 0 Å². The number of aryl methyl sites for hydroxylation is 3. The number of aromatic nitrogens is 4. The molecule has 0 saturated heterocycles. The second-order valence-electron chi connectivity index (χ2n) is 4.78. The van der Waals surface area contributed by atoms with Crippen LogP contribution in [0.1, 0.15) is 23.1 Å². The van der Waals surface area contributed by atoms with Gasteiger partial charge in [-0.2, -0.15) is 4.98 Å². The Bertz CT molecular complexity index is 747. The number of alkyl halides is 1. The van der Waals surface area contributed by atoms with E-state index in [0.717, 1.165) is 16.9 Å². The summed E-state index contributed by atoms with van der Waals surface area (Å²) in [6.45, 7) is 4.39. The molecule has 0 radical (unpaired) electrons.